The smallest absolute Gasteiger partial charge is 0.184 e. The normalized spacial score (nSPS) is 8.83. The van der Waals surface area contributed by atoms with E-state index in [1.54, 1.807) is 0 Å². The molecule has 0 saturated carbocycles. The molecule has 2 N–H and O–H groups in total. The molecule has 0 aromatic heterocycles. The first kappa shape index (κ1) is 15.4. The topological polar surface area (TPSA) is 74.6 Å². The summed E-state index contributed by atoms with van der Waals surface area (Å²) >= 11 is -5.25. The fourth-order valence-electron chi connectivity index (χ4n) is 0.342. The molecular formula is C6H7KO4Se. The Morgan fingerprint density at radius 3 is 1.42 bits per heavy atom. The van der Waals surface area contributed by atoms with Crippen molar-refractivity contribution in [2.24, 2.45) is 0 Å². The van der Waals surface area contributed by atoms with Gasteiger partial charge in [0.25, 0.3) is 0 Å². The van der Waals surface area contributed by atoms with Gasteiger partial charge in [0.15, 0.2) is 0 Å². The van der Waals surface area contributed by atoms with Crippen molar-refractivity contribution in [2.45, 2.75) is 0 Å². The third kappa shape index (κ3) is 22.4. The summed E-state index contributed by atoms with van der Waals surface area (Å²) in [5.74, 6) is 0. The molecule has 1 aromatic rings. The van der Waals surface area contributed by atoms with E-state index in [-0.39, 0.29) is 51.4 Å². The van der Waals surface area contributed by atoms with Crippen LogP contribution in [0, 0.1) is 6.07 Å². The summed E-state index contributed by atoms with van der Waals surface area (Å²) in [6.45, 7) is 0. The first-order valence-electron chi connectivity index (χ1n) is 2.61. The van der Waals surface area contributed by atoms with E-state index in [4.69, 9.17) is 16.0 Å². The van der Waals surface area contributed by atoms with Crippen LogP contribution < -0.4 is 51.4 Å². The fraction of sp³-hybridized carbons (Fsp3) is 0. The molecule has 0 spiro atoms. The van der Waals surface area contributed by atoms with Crippen molar-refractivity contribution < 1.29 is 67.4 Å². The van der Waals surface area contributed by atoms with E-state index in [0.717, 1.165) is 0 Å². The van der Waals surface area contributed by atoms with Crippen LogP contribution in [0.15, 0.2) is 30.3 Å². The second-order valence-corrected chi connectivity index (χ2v) is 3.40. The molecule has 12 heavy (non-hydrogen) atoms. The first-order valence-corrected chi connectivity index (χ1v) is 5.54. The number of rotatable bonds is 0. The average Bonchev–Trinajstić information content (AvgIpc) is 1.88. The van der Waals surface area contributed by atoms with E-state index >= 15 is 0 Å². The van der Waals surface area contributed by atoms with Gasteiger partial charge in [-0.2, -0.15) is 36.4 Å². The molecule has 4 nitrogen and oxygen atoms in total. The minimum absolute atomic E-state index is 0. The fourth-order valence-corrected chi connectivity index (χ4v) is 0.342. The predicted molar refractivity (Wildman–Crippen MR) is 36.8 cm³/mol. The van der Waals surface area contributed by atoms with Crippen LogP contribution in [-0.2, 0) is 7.67 Å². The molecule has 0 radical (unpaired) electrons. The van der Waals surface area contributed by atoms with Crippen LogP contribution in [0.3, 0.4) is 0 Å². The number of hydrogen-bond acceptors (Lipinski definition) is 2. The Bertz CT molecular complexity index is 236. The molecule has 0 aliphatic rings. The van der Waals surface area contributed by atoms with E-state index in [0.29, 0.717) is 0 Å². The Morgan fingerprint density at radius 1 is 1.00 bits per heavy atom. The summed E-state index contributed by atoms with van der Waals surface area (Å²) < 4.78 is 31.9. The van der Waals surface area contributed by atoms with Gasteiger partial charge in [0.2, 0.25) is 0 Å². The molecule has 0 unspecified atom stereocenters. The molecule has 62 valence electrons. The monoisotopic (exact) mass is 262 g/mol. The molecule has 0 heterocycles. The zero-order valence-electron chi connectivity index (χ0n) is 6.51. The van der Waals surface area contributed by atoms with Crippen molar-refractivity contribution in [1.82, 2.24) is 0 Å². The van der Waals surface area contributed by atoms with Crippen molar-refractivity contribution in [3.05, 3.63) is 36.4 Å². The van der Waals surface area contributed by atoms with E-state index < -0.39 is 13.4 Å². The molecule has 6 heteroatoms. The van der Waals surface area contributed by atoms with Gasteiger partial charge in [0.1, 0.15) is 0 Å². The largest absolute Gasteiger partial charge is 1.00 e. The molecule has 0 amide bonds. The van der Waals surface area contributed by atoms with Crippen LogP contribution in [0.25, 0.3) is 0 Å². The summed E-state index contributed by atoms with van der Waals surface area (Å²) in [5, 5.41) is 0. The van der Waals surface area contributed by atoms with Gasteiger partial charge >= 0.3 is 80.8 Å². The predicted octanol–water partition coefficient (Wildman–Crippen LogP) is -3.24. The quantitative estimate of drug-likeness (QED) is 0.380. The first-order chi connectivity index (χ1) is 5.00. The van der Waals surface area contributed by atoms with Gasteiger partial charge in [-0.25, -0.2) is 0 Å². The van der Waals surface area contributed by atoms with Gasteiger partial charge in [-0.1, -0.05) is 0 Å². The van der Waals surface area contributed by atoms with Gasteiger partial charge < -0.3 is 0 Å². The Morgan fingerprint density at radius 2 is 1.33 bits per heavy atom. The summed E-state index contributed by atoms with van der Waals surface area (Å²) in [4.78, 5) is 0. The van der Waals surface area contributed by atoms with Gasteiger partial charge in [0.05, 0.1) is 0 Å². The SMILES string of the molecule is O=[Se](=O)(O)O.[K+].[c-]1ccccc1. The van der Waals surface area contributed by atoms with E-state index in [1.807, 2.05) is 30.3 Å². The maximum absolute atomic E-state index is 8.82. The molecule has 0 saturated heterocycles. The van der Waals surface area contributed by atoms with Crippen LogP contribution in [0.4, 0.5) is 0 Å². The second kappa shape index (κ2) is 8.49. The summed E-state index contributed by atoms with van der Waals surface area (Å²) in [6, 6.07) is 12.5. The second-order valence-electron chi connectivity index (χ2n) is 1.53. The summed E-state index contributed by atoms with van der Waals surface area (Å²) in [6.07, 6.45) is 0. The van der Waals surface area contributed by atoms with E-state index in [1.165, 1.54) is 0 Å². The van der Waals surface area contributed by atoms with Crippen LogP contribution in [0.5, 0.6) is 0 Å². The van der Waals surface area contributed by atoms with E-state index in [9.17, 15) is 0 Å². The molecule has 0 fully saturated rings. The minimum atomic E-state index is -5.25. The molecule has 0 atom stereocenters. The molecule has 1 rings (SSSR count). The average molecular weight is 261 g/mol. The van der Waals surface area contributed by atoms with Gasteiger partial charge in [-0.05, 0) is 0 Å². The molecule has 1 aromatic carbocycles. The Labute approximate surface area is 115 Å². The zero-order valence-corrected chi connectivity index (χ0v) is 11.3. The maximum Gasteiger partial charge on any atom is 1.00 e. The molecular weight excluding hydrogens is 254 g/mol. The van der Waals surface area contributed by atoms with Crippen LogP contribution in [0.1, 0.15) is 0 Å². The molecule has 0 bridgehead atoms. The van der Waals surface area contributed by atoms with Crippen molar-refractivity contribution in [3.8, 4) is 0 Å². The molecule has 0 aliphatic carbocycles. The third-order valence-corrected chi connectivity index (χ3v) is 0.607. The number of benzene rings is 1. The van der Waals surface area contributed by atoms with Crippen molar-refractivity contribution in [3.63, 3.8) is 0 Å². The Balaban J connectivity index is 0. The standard InChI is InChI=1S/C6H5.K.H2O4Se/c1-2-4-6-5-3-1;;1-5(2,3)4/h1-5H;;(H2,1,2,3,4)/q-1;+1;. The van der Waals surface area contributed by atoms with Crippen molar-refractivity contribution in [2.75, 3.05) is 0 Å². The maximum atomic E-state index is 8.82. The van der Waals surface area contributed by atoms with Crippen LogP contribution in [0.2, 0.25) is 0 Å². The zero-order chi connectivity index (χ0) is 8.74. The van der Waals surface area contributed by atoms with Crippen LogP contribution in [-0.4, -0.2) is 21.7 Å². The summed E-state index contributed by atoms with van der Waals surface area (Å²) in [7, 11) is 0. The summed E-state index contributed by atoms with van der Waals surface area (Å²) in [5.41, 5.74) is 0. The van der Waals surface area contributed by atoms with Crippen molar-refractivity contribution in [1.29, 1.82) is 0 Å². The Hall–Kier alpha value is 0.896. The third-order valence-electron chi connectivity index (χ3n) is 0.607. The van der Waals surface area contributed by atoms with Gasteiger partial charge in [-0.3, -0.25) is 0 Å². The molecule has 0 aliphatic heterocycles. The van der Waals surface area contributed by atoms with E-state index in [2.05, 4.69) is 6.07 Å². The minimum Gasteiger partial charge on any atom is -0.184 e. The Kier molecular flexibility index (Phi) is 10.9. The van der Waals surface area contributed by atoms with Crippen molar-refractivity contribution >= 4 is 13.4 Å². The number of hydrogen-bond donors (Lipinski definition) is 2. The van der Waals surface area contributed by atoms with Gasteiger partial charge in [-0.15, -0.1) is 0 Å². The van der Waals surface area contributed by atoms with Gasteiger partial charge in [0, 0.05) is 0 Å². The van der Waals surface area contributed by atoms with Crippen LogP contribution >= 0.6 is 0 Å².